The Kier molecular flexibility index (Phi) is 2.95. The fourth-order valence-electron chi connectivity index (χ4n) is 1.58. The number of aromatic nitrogens is 1. The van der Waals surface area contributed by atoms with Gasteiger partial charge in [0.25, 0.3) is 0 Å². The molecule has 1 aromatic carbocycles. The smallest absolute Gasteiger partial charge is 0.228 e. The largest absolute Gasteiger partial charge is 0.506 e. The molecule has 0 unspecified atom stereocenters. The molecule has 0 aliphatic rings. The van der Waals surface area contributed by atoms with Crippen molar-refractivity contribution in [3.8, 4) is 5.75 Å². The van der Waals surface area contributed by atoms with Gasteiger partial charge in [0.1, 0.15) is 11.3 Å². The maximum atomic E-state index is 11.6. The van der Waals surface area contributed by atoms with Crippen LogP contribution in [0, 0.1) is 0 Å². The second kappa shape index (κ2) is 4.41. The molecule has 4 heteroatoms. The summed E-state index contributed by atoms with van der Waals surface area (Å²) < 4.78 is 0. The fraction of sp³-hybridized carbons (Fsp3) is 0.231. The van der Waals surface area contributed by atoms with Crippen molar-refractivity contribution in [2.45, 2.75) is 6.42 Å². The van der Waals surface area contributed by atoms with Gasteiger partial charge in [-0.3, -0.25) is 4.79 Å². The molecule has 0 radical (unpaired) electrons. The second-order valence-corrected chi connectivity index (χ2v) is 4.12. The van der Waals surface area contributed by atoms with Crippen LogP contribution < -0.4 is 0 Å². The fourth-order valence-corrected chi connectivity index (χ4v) is 1.58. The van der Waals surface area contributed by atoms with E-state index < -0.39 is 0 Å². The second-order valence-electron chi connectivity index (χ2n) is 4.12. The first-order valence-electron chi connectivity index (χ1n) is 5.35. The summed E-state index contributed by atoms with van der Waals surface area (Å²) in [5.74, 6) is 0.133. The minimum atomic E-state index is -0.00716. The molecule has 4 nitrogen and oxygen atoms in total. The van der Waals surface area contributed by atoms with E-state index in [0.29, 0.717) is 11.2 Å². The molecule has 88 valence electrons. The van der Waals surface area contributed by atoms with Crippen LogP contribution in [0.15, 0.2) is 30.3 Å². The zero-order valence-corrected chi connectivity index (χ0v) is 9.84. The molecule has 1 aromatic heterocycles. The van der Waals surface area contributed by atoms with Crippen LogP contribution in [0.25, 0.3) is 10.9 Å². The van der Waals surface area contributed by atoms with Crippen LogP contribution in [-0.2, 0) is 11.2 Å². The Morgan fingerprint density at radius 2 is 2.06 bits per heavy atom. The van der Waals surface area contributed by atoms with E-state index >= 15 is 0 Å². The van der Waals surface area contributed by atoms with Crippen molar-refractivity contribution >= 4 is 16.8 Å². The summed E-state index contributed by atoms with van der Waals surface area (Å²) in [5, 5.41) is 10.5. The average molecular weight is 230 g/mol. The van der Waals surface area contributed by atoms with Crippen LogP contribution in [-0.4, -0.2) is 35.0 Å². The van der Waals surface area contributed by atoms with Crippen molar-refractivity contribution in [3.63, 3.8) is 0 Å². The minimum absolute atomic E-state index is 0.00716. The topological polar surface area (TPSA) is 53.4 Å². The summed E-state index contributed by atoms with van der Waals surface area (Å²) in [6, 6.07) is 8.90. The lowest BCUT2D eigenvalue weighted by Gasteiger charge is -2.10. The Labute approximate surface area is 99.5 Å². The van der Waals surface area contributed by atoms with E-state index in [0.717, 1.165) is 5.39 Å². The van der Waals surface area contributed by atoms with Gasteiger partial charge in [0.15, 0.2) is 0 Å². The predicted octanol–water partition coefficient (Wildman–Crippen LogP) is 1.57. The molecular weight excluding hydrogens is 216 g/mol. The third kappa shape index (κ3) is 2.36. The first-order valence-corrected chi connectivity index (χ1v) is 5.35. The van der Waals surface area contributed by atoms with Gasteiger partial charge in [-0.1, -0.05) is 18.2 Å². The number of likely N-dealkylation sites (N-methyl/N-ethyl adjacent to an activating group) is 1. The maximum absolute atomic E-state index is 11.6. The zero-order valence-electron chi connectivity index (χ0n) is 9.84. The Bertz CT molecular complexity index is 564. The number of phenols is 1. The molecule has 2 rings (SSSR count). The summed E-state index contributed by atoms with van der Waals surface area (Å²) >= 11 is 0. The van der Waals surface area contributed by atoms with Gasteiger partial charge in [-0.05, 0) is 12.1 Å². The SMILES string of the molecule is CN(C)C(=O)Cc1ccc2cccc(O)c2n1. The van der Waals surface area contributed by atoms with E-state index in [4.69, 9.17) is 0 Å². The first-order chi connectivity index (χ1) is 8.08. The number of fused-ring (bicyclic) bond motifs is 1. The van der Waals surface area contributed by atoms with Gasteiger partial charge in [-0.15, -0.1) is 0 Å². The van der Waals surface area contributed by atoms with E-state index in [1.807, 2.05) is 18.2 Å². The van der Waals surface area contributed by atoms with Crippen molar-refractivity contribution in [1.82, 2.24) is 9.88 Å². The highest BCUT2D eigenvalue weighted by atomic mass is 16.3. The average Bonchev–Trinajstić information content (AvgIpc) is 2.30. The molecule has 2 aromatic rings. The molecule has 0 bridgehead atoms. The number of nitrogens with zero attached hydrogens (tertiary/aromatic N) is 2. The van der Waals surface area contributed by atoms with Crippen molar-refractivity contribution < 1.29 is 9.90 Å². The highest BCUT2D eigenvalue weighted by molar-refractivity contribution is 5.85. The molecule has 0 saturated heterocycles. The number of phenolic OH excluding ortho intramolecular Hbond substituents is 1. The van der Waals surface area contributed by atoms with Crippen LogP contribution in [0.1, 0.15) is 5.69 Å². The van der Waals surface area contributed by atoms with E-state index in [2.05, 4.69) is 4.98 Å². The number of hydrogen-bond acceptors (Lipinski definition) is 3. The number of carbonyl (C=O) groups is 1. The molecule has 0 spiro atoms. The monoisotopic (exact) mass is 230 g/mol. The van der Waals surface area contributed by atoms with Gasteiger partial charge in [0, 0.05) is 19.5 Å². The Morgan fingerprint density at radius 1 is 1.29 bits per heavy atom. The molecule has 0 aliphatic heterocycles. The van der Waals surface area contributed by atoms with Gasteiger partial charge in [-0.25, -0.2) is 4.98 Å². The van der Waals surface area contributed by atoms with Crippen molar-refractivity contribution in [2.24, 2.45) is 0 Å². The summed E-state index contributed by atoms with van der Waals surface area (Å²) in [5.41, 5.74) is 1.20. The van der Waals surface area contributed by atoms with Crippen LogP contribution in [0.2, 0.25) is 0 Å². The third-order valence-corrected chi connectivity index (χ3v) is 2.59. The van der Waals surface area contributed by atoms with Crippen molar-refractivity contribution in [3.05, 3.63) is 36.0 Å². The highest BCUT2D eigenvalue weighted by Gasteiger charge is 2.08. The number of hydrogen-bond donors (Lipinski definition) is 1. The lowest BCUT2D eigenvalue weighted by molar-refractivity contribution is -0.128. The number of benzene rings is 1. The molecule has 17 heavy (non-hydrogen) atoms. The number of para-hydroxylation sites is 1. The van der Waals surface area contributed by atoms with Crippen molar-refractivity contribution in [1.29, 1.82) is 0 Å². The molecule has 0 atom stereocenters. The lowest BCUT2D eigenvalue weighted by Crippen LogP contribution is -2.23. The minimum Gasteiger partial charge on any atom is -0.506 e. The van der Waals surface area contributed by atoms with Gasteiger partial charge in [-0.2, -0.15) is 0 Å². The summed E-state index contributed by atoms with van der Waals surface area (Å²) in [4.78, 5) is 17.4. The van der Waals surface area contributed by atoms with E-state index in [1.54, 1.807) is 26.2 Å². The van der Waals surface area contributed by atoms with E-state index in [-0.39, 0.29) is 18.1 Å². The van der Waals surface area contributed by atoms with Crippen LogP contribution in [0.3, 0.4) is 0 Å². The normalized spacial score (nSPS) is 10.5. The van der Waals surface area contributed by atoms with Gasteiger partial charge >= 0.3 is 0 Å². The lowest BCUT2D eigenvalue weighted by atomic mass is 10.1. The Morgan fingerprint density at radius 3 is 2.76 bits per heavy atom. The van der Waals surface area contributed by atoms with E-state index in [1.165, 1.54) is 4.90 Å². The number of aromatic hydroxyl groups is 1. The van der Waals surface area contributed by atoms with Crippen LogP contribution in [0.4, 0.5) is 0 Å². The zero-order chi connectivity index (χ0) is 12.4. The molecule has 0 saturated carbocycles. The summed E-state index contributed by atoms with van der Waals surface area (Å²) in [6.07, 6.45) is 0.247. The quantitative estimate of drug-likeness (QED) is 0.852. The maximum Gasteiger partial charge on any atom is 0.228 e. The van der Waals surface area contributed by atoms with Crippen molar-refractivity contribution in [2.75, 3.05) is 14.1 Å². The molecule has 1 N–H and O–H groups in total. The number of carbonyl (C=O) groups excluding carboxylic acids is 1. The first kappa shape index (κ1) is 11.4. The molecular formula is C13H14N2O2. The van der Waals surface area contributed by atoms with Crippen LogP contribution in [0.5, 0.6) is 5.75 Å². The molecule has 0 fully saturated rings. The molecule has 0 aliphatic carbocycles. The number of pyridine rings is 1. The number of rotatable bonds is 2. The third-order valence-electron chi connectivity index (χ3n) is 2.59. The summed E-state index contributed by atoms with van der Waals surface area (Å²) in [7, 11) is 3.42. The predicted molar refractivity (Wildman–Crippen MR) is 65.8 cm³/mol. The highest BCUT2D eigenvalue weighted by Crippen LogP contribution is 2.22. The Hall–Kier alpha value is -2.10. The number of amides is 1. The van der Waals surface area contributed by atoms with Gasteiger partial charge < -0.3 is 10.0 Å². The van der Waals surface area contributed by atoms with E-state index in [9.17, 15) is 9.90 Å². The van der Waals surface area contributed by atoms with Crippen LogP contribution >= 0.6 is 0 Å². The molecule has 1 amide bonds. The van der Waals surface area contributed by atoms with Gasteiger partial charge in [0.2, 0.25) is 5.91 Å². The standard InChI is InChI=1S/C13H14N2O2/c1-15(2)12(17)8-10-7-6-9-4-3-5-11(16)13(9)14-10/h3-7,16H,8H2,1-2H3. The Balaban J connectivity index is 2.38. The molecule has 1 heterocycles. The summed E-state index contributed by atoms with van der Waals surface area (Å²) in [6.45, 7) is 0. The van der Waals surface area contributed by atoms with Gasteiger partial charge in [0.05, 0.1) is 12.1 Å².